The van der Waals surface area contributed by atoms with Crippen LogP contribution >= 0.6 is 15.9 Å². The number of carbonyl (C=O) groups is 2. The van der Waals surface area contributed by atoms with Crippen LogP contribution in [0.5, 0.6) is 0 Å². The van der Waals surface area contributed by atoms with Crippen molar-refractivity contribution in [2.45, 2.75) is 224 Å². The Morgan fingerprint density at radius 3 is 1.00 bits per heavy atom. The zero-order valence-electron chi connectivity index (χ0n) is 30.4. The van der Waals surface area contributed by atoms with Crippen molar-refractivity contribution in [2.75, 3.05) is 13.2 Å². The van der Waals surface area contributed by atoms with Crippen molar-refractivity contribution in [3.8, 4) is 0 Å². The van der Waals surface area contributed by atoms with Crippen LogP contribution in [0, 0.1) is 0 Å². The lowest BCUT2D eigenvalue weighted by Crippen LogP contribution is -2.44. The second kappa shape index (κ2) is 35.6. The van der Waals surface area contributed by atoms with Crippen LogP contribution in [-0.4, -0.2) is 34.8 Å². The van der Waals surface area contributed by atoms with Gasteiger partial charge in [0.25, 0.3) is 0 Å². The number of carboxylic acid groups (broad SMARTS) is 1. The van der Waals surface area contributed by atoms with E-state index in [-0.39, 0.29) is 13.2 Å². The van der Waals surface area contributed by atoms with Gasteiger partial charge in [-0.05, 0) is 28.8 Å². The molecule has 0 aliphatic carbocycles. The van der Waals surface area contributed by atoms with Crippen LogP contribution in [0.4, 0.5) is 0 Å². The Bertz CT molecular complexity index is 660. The Labute approximate surface area is 293 Å². The van der Waals surface area contributed by atoms with Gasteiger partial charge < -0.3 is 9.84 Å². The second-order valence-corrected chi connectivity index (χ2v) is 14.7. The lowest BCUT2D eigenvalue weighted by molar-refractivity contribution is -0.281. The van der Waals surface area contributed by atoms with Crippen molar-refractivity contribution in [3.05, 3.63) is 0 Å². The SMILES string of the molecule is CCCCCCCCCCCCCCCCCCOOC(=O)C(Br)(OCCCCCCCCCCCCCCCCCC)C(=O)O. The number of carbonyl (C=O) groups excluding carboxylic acids is 1. The molecule has 0 rings (SSSR count). The monoisotopic (exact) mass is 718 g/mol. The molecule has 0 bridgehead atoms. The number of halogens is 1. The summed E-state index contributed by atoms with van der Waals surface area (Å²) in [5.74, 6) is -2.51. The first-order valence-corrected chi connectivity index (χ1v) is 20.7. The highest BCUT2D eigenvalue weighted by Crippen LogP contribution is 2.24. The fraction of sp³-hybridized carbons (Fsp3) is 0.949. The number of hydrogen-bond donors (Lipinski definition) is 1. The Morgan fingerprint density at radius 1 is 0.457 bits per heavy atom. The van der Waals surface area contributed by atoms with Gasteiger partial charge in [-0.25, -0.2) is 9.59 Å². The zero-order chi connectivity index (χ0) is 33.8. The van der Waals surface area contributed by atoms with Gasteiger partial charge in [-0.2, -0.15) is 4.89 Å². The van der Waals surface area contributed by atoms with Gasteiger partial charge in [0, 0.05) is 6.61 Å². The van der Waals surface area contributed by atoms with Crippen LogP contribution in [0.25, 0.3) is 0 Å². The minimum Gasteiger partial charge on any atom is -0.478 e. The molecule has 1 atom stereocenters. The van der Waals surface area contributed by atoms with Crippen molar-refractivity contribution in [1.82, 2.24) is 0 Å². The summed E-state index contributed by atoms with van der Waals surface area (Å²) in [6, 6.07) is 0. The van der Waals surface area contributed by atoms with E-state index in [1.807, 2.05) is 0 Å². The van der Waals surface area contributed by atoms with Crippen LogP contribution in [0.15, 0.2) is 0 Å². The first kappa shape index (κ1) is 45.3. The molecule has 7 heteroatoms. The molecule has 1 unspecified atom stereocenters. The Hall–Kier alpha value is -0.660. The van der Waals surface area contributed by atoms with Crippen LogP contribution in [-0.2, 0) is 24.1 Å². The van der Waals surface area contributed by atoms with Crippen molar-refractivity contribution < 1.29 is 29.2 Å². The lowest BCUT2D eigenvalue weighted by Gasteiger charge is -2.20. The highest BCUT2D eigenvalue weighted by molar-refractivity contribution is 9.10. The van der Waals surface area contributed by atoms with Crippen molar-refractivity contribution >= 4 is 27.9 Å². The molecule has 46 heavy (non-hydrogen) atoms. The fourth-order valence-electron chi connectivity index (χ4n) is 5.93. The maximum Gasteiger partial charge on any atom is 0.396 e. The van der Waals surface area contributed by atoms with Gasteiger partial charge in [0.1, 0.15) is 0 Å². The Balaban J connectivity index is 3.61. The van der Waals surface area contributed by atoms with E-state index in [0.717, 1.165) is 32.1 Å². The summed E-state index contributed by atoms with van der Waals surface area (Å²) in [4.78, 5) is 33.9. The van der Waals surface area contributed by atoms with Gasteiger partial charge in [0.05, 0.1) is 6.61 Å². The van der Waals surface area contributed by atoms with Gasteiger partial charge >= 0.3 is 16.4 Å². The third-order valence-electron chi connectivity index (χ3n) is 9.05. The van der Waals surface area contributed by atoms with Crippen molar-refractivity contribution in [2.24, 2.45) is 0 Å². The topological polar surface area (TPSA) is 82.1 Å². The van der Waals surface area contributed by atoms with E-state index in [1.165, 1.54) is 167 Å². The van der Waals surface area contributed by atoms with Gasteiger partial charge in [0.15, 0.2) is 0 Å². The Morgan fingerprint density at radius 2 is 0.717 bits per heavy atom. The highest BCUT2D eigenvalue weighted by Gasteiger charge is 2.48. The van der Waals surface area contributed by atoms with Gasteiger partial charge in [0.2, 0.25) is 0 Å². The molecule has 0 aliphatic rings. The number of carboxylic acids is 1. The molecule has 0 aromatic heterocycles. The normalized spacial score (nSPS) is 12.8. The number of aliphatic carboxylic acids is 1. The number of alkyl halides is 1. The third kappa shape index (κ3) is 29.5. The molecule has 0 aromatic rings. The maximum absolute atomic E-state index is 12.4. The number of ether oxygens (including phenoxy) is 1. The van der Waals surface area contributed by atoms with Crippen molar-refractivity contribution in [3.63, 3.8) is 0 Å². The molecule has 0 spiro atoms. The van der Waals surface area contributed by atoms with E-state index >= 15 is 0 Å². The van der Waals surface area contributed by atoms with E-state index in [2.05, 4.69) is 29.8 Å². The second-order valence-electron chi connectivity index (χ2n) is 13.5. The molecule has 0 amide bonds. The molecule has 0 fully saturated rings. The molecule has 1 N–H and O–H groups in total. The summed E-state index contributed by atoms with van der Waals surface area (Å²) in [7, 11) is 0. The summed E-state index contributed by atoms with van der Waals surface area (Å²) in [5.41, 5.74) is 0. The average molecular weight is 720 g/mol. The standard InChI is InChI=1S/C39H75BrO6/c1-3-5-7-9-11-13-15-17-19-21-23-25-27-29-31-33-35-44-39(40,37(41)42)38(43)46-45-36-34-32-30-28-26-24-22-20-18-16-14-12-10-8-6-4-2/h3-36H2,1-2H3,(H,41,42). The quantitative estimate of drug-likeness (QED) is 0.0225. The zero-order valence-corrected chi connectivity index (χ0v) is 32.0. The van der Waals surface area contributed by atoms with Gasteiger partial charge in [-0.3, -0.25) is 4.89 Å². The van der Waals surface area contributed by atoms with Crippen molar-refractivity contribution in [1.29, 1.82) is 0 Å². The fourth-order valence-corrected chi connectivity index (χ4v) is 6.16. The average Bonchev–Trinajstić information content (AvgIpc) is 3.05. The van der Waals surface area contributed by atoms with Gasteiger partial charge in [-0.15, -0.1) is 0 Å². The Kier molecular flexibility index (Phi) is 35.1. The molecular formula is C39H75BrO6. The van der Waals surface area contributed by atoms with E-state index in [4.69, 9.17) is 14.5 Å². The smallest absolute Gasteiger partial charge is 0.396 e. The molecule has 0 aliphatic heterocycles. The molecule has 0 saturated heterocycles. The maximum atomic E-state index is 12.4. The van der Waals surface area contributed by atoms with Crippen LogP contribution in [0.2, 0.25) is 0 Å². The number of unbranched alkanes of at least 4 members (excludes halogenated alkanes) is 30. The predicted molar refractivity (Wildman–Crippen MR) is 196 cm³/mol. The molecule has 6 nitrogen and oxygen atoms in total. The third-order valence-corrected chi connectivity index (χ3v) is 9.94. The highest BCUT2D eigenvalue weighted by atomic mass is 79.9. The summed E-state index contributed by atoms with van der Waals surface area (Å²) in [6.07, 6.45) is 40.8. The van der Waals surface area contributed by atoms with E-state index in [9.17, 15) is 14.7 Å². The first-order valence-electron chi connectivity index (χ1n) is 19.9. The van der Waals surface area contributed by atoms with Crippen LogP contribution in [0.1, 0.15) is 219 Å². The van der Waals surface area contributed by atoms with Crippen LogP contribution < -0.4 is 0 Å². The summed E-state index contributed by atoms with van der Waals surface area (Å²) < 4.78 is 3.20. The molecule has 0 radical (unpaired) electrons. The largest absolute Gasteiger partial charge is 0.478 e. The minimum atomic E-state index is -2.23. The summed E-state index contributed by atoms with van der Waals surface area (Å²) in [5, 5.41) is 9.56. The predicted octanol–water partition coefficient (Wildman–Crippen LogP) is 13.2. The van der Waals surface area contributed by atoms with Gasteiger partial charge in [-0.1, -0.05) is 206 Å². The number of rotatable bonds is 38. The lowest BCUT2D eigenvalue weighted by atomic mass is 10.0. The van der Waals surface area contributed by atoms with E-state index in [0.29, 0.717) is 6.42 Å². The number of hydrogen-bond acceptors (Lipinski definition) is 5. The molecule has 0 saturated carbocycles. The molecule has 0 heterocycles. The molecular weight excluding hydrogens is 644 g/mol. The van der Waals surface area contributed by atoms with Crippen LogP contribution in [0.3, 0.4) is 0 Å². The molecule has 0 aromatic carbocycles. The minimum absolute atomic E-state index is 0.171. The first-order chi connectivity index (χ1) is 22.5. The van der Waals surface area contributed by atoms with E-state index in [1.54, 1.807) is 0 Å². The molecule has 274 valence electrons. The summed E-state index contributed by atoms with van der Waals surface area (Å²) >= 11 is 2.94. The van der Waals surface area contributed by atoms with E-state index < -0.39 is 16.4 Å². The summed E-state index contributed by atoms with van der Waals surface area (Å²) in [6.45, 7) is 4.96.